The number of halogens is 3. The molecule has 0 bridgehead atoms. The van der Waals surface area contributed by atoms with Crippen LogP contribution in [0.3, 0.4) is 0 Å². The second-order valence-corrected chi connectivity index (χ2v) is 10.3. The highest BCUT2D eigenvalue weighted by molar-refractivity contribution is 7.80. The number of rotatable bonds is 13. The maximum absolute atomic E-state index is 12.4. The number of benzene rings is 3. The summed E-state index contributed by atoms with van der Waals surface area (Å²) in [6.07, 6.45) is 0.725. The van der Waals surface area contributed by atoms with E-state index in [4.69, 9.17) is 17.0 Å². The Hall–Kier alpha value is -4.05. The summed E-state index contributed by atoms with van der Waals surface area (Å²) < 4.78 is 47.7. The van der Waals surface area contributed by atoms with Crippen molar-refractivity contribution in [3.8, 4) is 28.6 Å². The van der Waals surface area contributed by atoms with Crippen molar-refractivity contribution in [2.24, 2.45) is 0 Å². The molecule has 0 aliphatic heterocycles. The Morgan fingerprint density at radius 3 is 2.34 bits per heavy atom. The maximum Gasteiger partial charge on any atom is 0.573 e. The van der Waals surface area contributed by atoms with Gasteiger partial charge in [-0.2, -0.15) is 0 Å². The lowest BCUT2D eigenvalue weighted by molar-refractivity contribution is -0.274. The summed E-state index contributed by atoms with van der Waals surface area (Å²) in [7, 11) is 1.64. The van der Waals surface area contributed by atoms with Gasteiger partial charge >= 0.3 is 6.36 Å². The summed E-state index contributed by atoms with van der Waals surface area (Å²) in [6.45, 7) is 2.01. The Balaban J connectivity index is 1.20. The van der Waals surface area contributed by atoms with Crippen LogP contribution < -0.4 is 9.47 Å². The number of methoxy groups -OCH3 is 1. The molecule has 0 radical (unpaired) electrons. The highest BCUT2D eigenvalue weighted by Crippen LogP contribution is 2.24. The quantitative estimate of drug-likeness (QED) is 0.121. The Morgan fingerprint density at radius 2 is 1.68 bits per heavy atom. The van der Waals surface area contributed by atoms with Crippen molar-refractivity contribution < 1.29 is 27.4 Å². The van der Waals surface area contributed by atoms with Gasteiger partial charge in [-0.05, 0) is 79.3 Å². The summed E-state index contributed by atoms with van der Waals surface area (Å²) in [6, 6.07) is 19.2. The van der Waals surface area contributed by atoms with E-state index < -0.39 is 6.36 Å². The van der Waals surface area contributed by atoms with Crippen LogP contribution in [0.5, 0.6) is 11.5 Å². The Kier molecular flexibility index (Phi) is 9.88. The standard InChI is InChI=1S/C31H30F3N3O3S/c1-21-17-28(39-2)14-11-24(21)18-29(41)19-26(38)6-4-3-5-22-7-9-23(10-8-22)30-35-20-37(36-30)25-12-15-27(16-13-25)40-31(32,33)34/h7-17,20H,3-6,18-19H2,1-2H3. The number of carbonyl (C=O) groups excluding carboxylic acids is 1. The number of aromatic nitrogens is 3. The highest BCUT2D eigenvalue weighted by atomic mass is 32.1. The molecule has 3 aromatic carbocycles. The van der Waals surface area contributed by atoms with Gasteiger partial charge in [0.2, 0.25) is 0 Å². The lowest BCUT2D eigenvalue weighted by atomic mass is 9.99. The van der Waals surface area contributed by atoms with Gasteiger partial charge in [0.05, 0.1) is 12.8 Å². The van der Waals surface area contributed by atoms with E-state index in [0.29, 0.717) is 30.8 Å². The van der Waals surface area contributed by atoms with Crippen LogP contribution in [0.4, 0.5) is 13.2 Å². The summed E-state index contributed by atoms with van der Waals surface area (Å²) >= 11 is 5.49. The zero-order chi connectivity index (χ0) is 29.4. The lowest BCUT2D eigenvalue weighted by Gasteiger charge is -2.09. The van der Waals surface area contributed by atoms with Gasteiger partial charge in [-0.15, -0.1) is 18.3 Å². The zero-order valence-corrected chi connectivity index (χ0v) is 23.6. The van der Waals surface area contributed by atoms with Crippen LogP contribution in [0.2, 0.25) is 0 Å². The minimum atomic E-state index is -4.74. The molecular formula is C31H30F3N3O3S. The predicted octanol–water partition coefficient (Wildman–Crippen LogP) is 7.43. The Morgan fingerprint density at radius 1 is 0.976 bits per heavy atom. The topological polar surface area (TPSA) is 66.2 Å². The van der Waals surface area contributed by atoms with Gasteiger partial charge in [0.1, 0.15) is 23.6 Å². The molecule has 4 rings (SSSR count). The third-order valence-corrected chi connectivity index (χ3v) is 6.83. The fourth-order valence-corrected chi connectivity index (χ4v) is 4.69. The van der Waals surface area contributed by atoms with E-state index in [9.17, 15) is 18.0 Å². The number of carbonyl (C=O) groups is 1. The fourth-order valence-electron chi connectivity index (χ4n) is 4.37. The third kappa shape index (κ3) is 8.97. The first kappa shape index (κ1) is 29.9. The van der Waals surface area contributed by atoms with Crippen LogP contribution in [-0.4, -0.2) is 38.9 Å². The lowest BCUT2D eigenvalue weighted by Crippen LogP contribution is -2.17. The Labute approximate surface area is 242 Å². The molecule has 10 heteroatoms. The monoisotopic (exact) mass is 581 g/mol. The number of thiocarbonyl (C=S) groups is 1. The second kappa shape index (κ2) is 13.5. The maximum atomic E-state index is 12.4. The van der Waals surface area contributed by atoms with Crippen LogP contribution in [0.15, 0.2) is 73.1 Å². The normalized spacial score (nSPS) is 11.3. The van der Waals surface area contributed by atoms with E-state index in [0.717, 1.165) is 52.1 Å². The first-order valence-corrected chi connectivity index (χ1v) is 13.5. The zero-order valence-electron chi connectivity index (χ0n) is 22.8. The van der Waals surface area contributed by atoms with Gasteiger partial charge in [-0.25, -0.2) is 9.67 Å². The van der Waals surface area contributed by atoms with E-state index in [1.165, 1.54) is 35.3 Å². The van der Waals surface area contributed by atoms with Crippen molar-refractivity contribution in [1.82, 2.24) is 14.8 Å². The number of alkyl halides is 3. The van der Waals surface area contributed by atoms with Crippen LogP contribution >= 0.6 is 12.2 Å². The van der Waals surface area contributed by atoms with Crippen molar-refractivity contribution in [1.29, 1.82) is 0 Å². The van der Waals surface area contributed by atoms with Gasteiger partial charge in [0.15, 0.2) is 5.82 Å². The Bertz CT molecular complexity index is 1480. The molecule has 0 aliphatic carbocycles. The molecule has 0 N–H and O–H groups in total. The molecule has 214 valence electrons. The smallest absolute Gasteiger partial charge is 0.497 e. The van der Waals surface area contributed by atoms with Gasteiger partial charge in [0.25, 0.3) is 0 Å². The molecule has 0 aliphatic rings. The van der Waals surface area contributed by atoms with Crippen LogP contribution in [0.1, 0.15) is 42.4 Å². The van der Waals surface area contributed by atoms with Crippen molar-refractivity contribution in [2.75, 3.05) is 7.11 Å². The van der Waals surface area contributed by atoms with Gasteiger partial charge in [-0.1, -0.05) is 42.5 Å². The number of Topliss-reactive ketones (excluding diaryl/α,β-unsaturated/α-hetero) is 1. The molecule has 0 unspecified atom stereocenters. The number of nitrogens with zero attached hydrogens (tertiary/aromatic N) is 3. The van der Waals surface area contributed by atoms with Crippen LogP contribution in [-0.2, 0) is 17.6 Å². The minimum Gasteiger partial charge on any atom is -0.497 e. The minimum absolute atomic E-state index is 0.167. The van der Waals surface area contributed by atoms with Crippen molar-refractivity contribution in [3.63, 3.8) is 0 Å². The van der Waals surface area contributed by atoms with E-state index >= 15 is 0 Å². The largest absolute Gasteiger partial charge is 0.573 e. The summed E-state index contributed by atoms with van der Waals surface area (Å²) in [5.41, 5.74) is 4.73. The molecule has 1 heterocycles. The number of hydrogen-bond acceptors (Lipinski definition) is 6. The SMILES string of the molecule is COc1ccc(CC(=S)CC(=O)CCCCc2ccc(-c3ncn(-c4ccc(OC(F)(F)F)cc4)n3)cc2)c(C)c1. The van der Waals surface area contributed by atoms with Gasteiger partial charge < -0.3 is 9.47 Å². The molecule has 1 aromatic heterocycles. The molecule has 41 heavy (non-hydrogen) atoms. The third-order valence-electron chi connectivity index (χ3n) is 6.54. The van der Waals surface area contributed by atoms with Crippen molar-refractivity contribution >= 4 is 22.9 Å². The molecule has 0 fully saturated rings. The number of aryl methyl sites for hydroxylation is 2. The summed E-state index contributed by atoms with van der Waals surface area (Å²) in [5, 5.41) is 4.43. The number of unbranched alkanes of at least 4 members (excludes halogenated alkanes) is 1. The second-order valence-electron chi connectivity index (χ2n) is 9.68. The predicted molar refractivity (Wildman–Crippen MR) is 155 cm³/mol. The van der Waals surface area contributed by atoms with E-state index in [1.807, 2.05) is 49.4 Å². The molecule has 0 saturated heterocycles. The number of hydrogen-bond donors (Lipinski definition) is 0. The molecule has 6 nitrogen and oxygen atoms in total. The first-order valence-electron chi connectivity index (χ1n) is 13.1. The van der Waals surface area contributed by atoms with Crippen molar-refractivity contribution in [3.05, 3.63) is 89.7 Å². The molecule has 0 saturated carbocycles. The fraction of sp³-hybridized carbons (Fsp3) is 0.290. The van der Waals surface area contributed by atoms with Crippen LogP contribution in [0, 0.1) is 6.92 Å². The van der Waals surface area contributed by atoms with Crippen LogP contribution in [0.25, 0.3) is 17.1 Å². The number of ketones is 1. The average Bonchev–Trinajstić information content (AvgIpc) is 3.42. The number of ether oxygens (including phenoxy) is 2. The van der Waals surface area contributed by atoms with Gasteiger partial charge in [0, 0.05) is 29.7 Å². The van der Waals surface area contributed by atoms with Crippen molar-refractivity contribution in [2.45, 2.75) is 51.8 Å². The molecular weight excluding hydrogens is 551 g/mol. The molecule has 0 atom stereocenters. The summed E-state index contributed by atoms with van der Waals surface area (Å²) in [4.78, 5) is 17.5. The molecule has 0 amide bonds. The highest BCUT2D eigenvalue weighted by Gasteiger charge is 2.31. The van der Waals surface area contributed by atoms with E-state index in [2.05, 4.69) is 14.8 Å². The summed E-state index contributed by atoms with van der Waals surface area (Å²) in [5.74, 6) is 1.17. The van der Waals surface area contributed by atoms with E-state index in [-0.39, 0.29) is 11.5 Å². The molecule has 4 aromatic rings. The average molecular weight is 582 g/mol. The molecule has 0 spiro atoms. The first-order chi connectivity index (χ1) is 19.6. The van der Waals surface area contributed by atoms with E-state index in [1.54, 1.807) is 7.11 Å². The van der Waals surface area contributed by atoms with Gasteiger partial charge in [-0.3, -0.25) is 4.79 Å².